The lowest BCUT2D eigenvalue weighted by molar-refractivity contribution is 0.0697. The number of aromatic carboxylic acids is 1. The number of hydrogen-bond donors (Lipinski definition) is 2. The van der Waals surface area contributed by atoms with E-state index in [-0.39, 0.29) is 10.6 Å². The molecule has 0 saturated carbocycles. The van der Waals surface area contributed by atoms with Gasteiger partial charge in [0.2, 0.25) is 0 Å². The van der Waals surface area contributed by atoms with Crippen molar-refractivity contribution in [1.29, 1.82) is 0 Å². The second-order valence-electron chi connectivity index (χ2n) is 3.82. The van der Waals surface area contributed by atoms with Gasteiger partial charge in [0, 0.05) is 16.4 Å². The highest BCUT2D eigenvalue weighted by Crippen LogP contribution is 2.21. The molecule has 1 aromatic carbocycles. The zero-order valence-corrected chi connectivity index (χ0v) is 12.1. The maximum Gasteiger partial charge on any atom is 0.337 e. The summed E-state index contributed by atoms with van der Waals surface area (Å²) < 4.78 is 0.913. The minimum absolute atomic E-state index is 0.0791. The standard InChI is InChI=1S/C13H10BrClN2O2/c14-8-1-2-10(16-6-8)7-17-9-3-4-12(15)11(5-9)13(18)19/h1-6,17H,7H2,(H,18,19). The quantitative estimate of drug-likeness (QED) is 0.888. The molecule has 2 aromatic rings. The van der Waals surface area contributed by atoms with Gasteiger partial charge in [-0.15, -0.1) is 0 Å². The summed E-state index contributed by atoms with van der Waals surface area (Å²) in [5.74, 6) is -1.05. The van der Waals surface area contributed by atoms with Gasteiger partial charge in [0.05, 0.1) is 22.8 Å². The number of carboxylic acids is 1. The van der Waals surface area contributed by atoms with Gasteiger partial charge in [-0.1, -0.05) is 11.6 Å². The number of halogens is 2. The molecule has 0 unspecified atom stereocenters. The fraction of sp³-hybridized carbons (Fsp3) is 0.0769. The van der Waals surface area contributed by atoms with Crippen LogP contribution in [0.2, 0.25) is 5.02 Å². The van der Waals surface area contributed by atoms with Crippen LogP contribution >= 0.6 is 27.5 Å². The summed E-state index contributed by atoms with van der Waals surface area (Å²) in [4.78, 5) is 15.2. The maximum absolute atomic E-state index is 11.0. The minimum Gasteiger partial charge on any atom is -0.478 e. The Bertz CT molecular complexity index is 602. The van der Waals surface area contributed by atoms with Crippen molar-refractivity contribution in [3.63, 3.8) is 0 Å². The number of pyridine rings is 1. The van der Waals surface area contributed by atoms with Crippen molar-refractivity contribution in [1.82, 2.24) is 4.98 Å². The predicted octanol–water partition coefficient (Wildman–Crippen LogP) is 3.81. The third-order valence-corrected chi connectivity index (χ3v) is 3.26. The third kappa shape index (κ3) is 3.68. The van der Waals surface area contributed by atoms with Crippen molar-refractivity contribution in [2.45, 2.75) is 6.54 Å². The Balaban J connectivity index is 2.09. The third-order valence-electron chi connectivity index (χ3n) is 2.46. The highest BCUT2D eigenvalue weighted by atomic mass is 79.9. The summed E-state index contributed by atoms with van der Waals surface area (Å²) in [5.41, 5.74) is 1.62. The van der Waals surface area contributed by atoms with E-state index < -0.39 is 5.97 Å². The molecule has 19 heavy (non-hydrogen) atoms. The first-order valence-corrected chi connectivity index (χ1v) is 6.60. The van der Waals surface area contributed by atoms with E-state index in [1.165, 1.54) is 6.07 Å². The molecule has 0 saturated heterocycles. The zero-order chi connectivity index (χ0) is 13.8. The molecular weight excluding hydrogens is 332 g/mol. The number of anilines is 1. The lowest BCUT2D eigenvalue weighted by Gasteiger charge is -2.08. The molecule has 1 heterocycles. The van der Waals surface area contributed by atoms with Crippen molar-refractivity contribution < 1.29 is 9.90 Å². The monoisotopic (exact) mass is 340 g/mol. The van der Waals surface area contributed by atoms with E-state index in [0.717, 1.165) is 10.2 Å². The molecule has 6 heteroatoms. The maximum atomic E-state index is 11.0. The van der Waals surface area contributed by atoms with Crippen LogP contribution in [-0.2, 0) is 6.54 Å². The first kappa shape index (κ1) is 13.8. The highest BCUT2D eigenvalue weighted by molar-refractivity contribution is 9.10. The van der Waals surface area contributed by atoms with Crippen LogP contribution in [0, 0.1) is 0 Å². The van der Waals surface area contributed by atoms with Gasteiger partial charge in [0.25, 0.3) is 0 Å². The van der Waals surface area contributed by atoms with Gasteiger partial charge < -0.3 is 10.4 Å². The van der Waals surface area contributed by atoms with E-state index in [2.05, 4.69) is 26.2 Å². The molecule has 4 nitrogen and oxygen atoms in total. The predicted molar refractivity (Wildman–Crippen MR) is 77.7 cm³/mol. The Hall–Kier alpha value is -1.59. The van der Waals surface area contributed by atoms with Crippen LogP contribution in [0.5, 0.6) is 0 Å². The highest BCUT2D eigenvalue weighted by Gasteiger charge is 2.09. The van der Waals surface area contributed by atoms with Gasteiger partial charge in [0.1, 0.15) is 0 Å². The zero-order valence-electron chi connectivity index (χ0n) is 9.73. The van der Waals surface area contributed by atoms with E-state index in [1.807, 2.05) is 12.1 Å². The number of rotatable bonds is 4. The van der Waals surface area contributed by atoms with Gasteiger partial charge in [-0.3, -0.25) is 4.98 Å². The summed E-state index contributed by atoms with van der Waals surface area (Å²) in [6, 6.07) is 8.57. The van der Waals surface area contributed by atoms with E-state index in [9.17, 15) is 4.79 Å². The molecule has 0 amide bonds. The molecular formula is C13H10BrClN2O2. The second-order valence-corrected chi connectivity index (χ2v) is 5.14. The Morgan fingerprint density at radius 3 is 2.79 bits per heavy atom. The topological polar surface area (TPSA) is 62.2 Å². The van der Waals surface area contributed by atoms with Crippen LogP contribution in [0.25, 0.3) is 0 Å². The van der Waals surface area contributed by atoms with Gasteiger partial charge in [-0.2, -0.15) is 0 Å². The Morgan fingerprint density at radius 2 is 2.16 bits per heavy atom. The van der Waals surface area contributed by atoms with Crippen LogP contribution in [0.4, 0.5) is 5.69 Å². The Labute approximate surface area is 123 Å². The summed E-state index contributed by atoms with van der Waals surface area (Å²) in [6.07, 6.45) is 1.71. The lowest BCUT2D eigenvalue weighted by atomic mass is 10.2. The normalized spacial score (nSPS) is 10.2. The first-order chi connectivity index (χ1) is 9.06. The number of nitrogens with one attached hydrogen (secondary N) is 1. The number of benzene rings is 1. The van der Waals surface area contributed by atoms with Crippen LogP contribution in [0.15, 0.2) is 41.0 Å². The molecule has 0 fully saturated rings. The van der Waals surface area contributed by atoms with Gasteiger partial charge >= 0.3 is 5.97 Å². The van der Waals surface area contributed by atoms with E-state index in [1.54, 1.807) is 18.3 Å². The van der Waals surface area contributed by atoms with Crippen molar-refractivity contribution in [2.75, 3.05) is 5.32 Å². The molecule has 0 aliphatic carbocycles. The van der Waals surface area contributed by atoms with Crippen LogP contribution in [0.3, 0.4) is 0 Å². The van der Waals surface area contributed by atoms with Gasteiger partial charge in [0.15, 0.2) is 0 Å². The van der Waals surface area contributed by atoms with Crippen LogP contribution < -0.4 is 5.32 Å². The molecule has 1 aromatic heterocycles. The SMILES string of the molecule is O=C(O)c1cc(NCc2ccc(Br)cn2)ccc1Cl. The number of aromatic nitrogens is 1. The largest absolute Gasteiger partial charge is 0.478 e. The molecule has 2 N–H and O–H groups in total. The van der Waals surface area contributed by atoms with Gasteiger partial charge in [-0.05, 0) is 46.3 Å². The summed E-state index contributed by atoms with van der Waals surface area (Å²) in [5, 5.41) is 12.3. The van der Waals surface area contributed by atoms with Crippen LogP contribution in [0.1, 0.15) is 16.1 Å². The summed E-state index contributed by atoms with van der Waals surface area (Å²) >= 11 is 9.11. The molecule has 0 spiro atoms. The van der Waals surface area contributed by atoms with E-state index in [0.29, 0.717) is 12.2 Å². The Kier molecular flexibility index (Phi) is 4.39. The van der Waals surface area contributed by atoms with Crippen molar-refractivity contribution in [3.8, 4) is 0 Å². The minimum atomic E-state index is -1.05. The number of carbonyl (C=O) groups is 1. The molecule has 98 valence electrons. The average molecular weight is 342 g/mol. The molecule has 2 rings (SSSR count). The molecule has 0 aliphatic rings. The van der Waals surface area contributed by atoms with Crippen LogP contribution in [-0.4, -0.2) is 16.1 Å². The second kappa shape index (κ2) is 6.04. The van der Waals surface area contributed by atoms with Gasteiger partial charge in [-0.25, -0.2) is 4.79 Å². The first-order valence-electron chi connectivity index (χ1n) is 5.43. The molecule has 0 atom stereocenters. The summed E-state index contributed by atoms with van der Waals surface area (Å²) in [7, 11) is 0. The van der Waals surface area contributed by atoms with Crippen molar-refractivity contribution >= 4 is 39.2 Å². The number of carboxylic acid groups (broad SMARTS) is 1. The summed E-state index contributed by atoms with van der Waals surface area (Å²) in [6.45, 7) is 0.508. The average Bonchev–Trinajstić information content (AvgIpc) is 2.39. The smallest absolute Gasteiger partial charge is 0.337 e. The molecule has 0 aliphatic heterocycles. The van der Waals surface area contributed by atoms with Crippen molar-refractivity contribution in [2.24, 2.45) is 0 Å². The molecule has 0 bridgehead atoms. The lowest BCUT2D eigenvalue weighted by Crippen LogP contribution is -2.03. The Morgan fingerprint density at radius 1 is 1.37 bits per heavy atom. The van der Waals surface area contributed by atoms with E-state index in [4.69, 9.17) is 16.7 Å². The van der Waals surface area contributed by atoms with Crippen molar-refractivity contribution in [3.05, 3.63) is 57.3 Å². The fourth-order valence-electron chi connectivity index (χ4n) is 1.50. The molecule has 0 radical (unpaired) electrons. The number of hydrogen-bond acceptors (Lipinski definition) is 3. The fourth-order valence-corrected chi connectivity index (χ4v) is 1.94. The number of nitrogens with zero attached hydrogens (tertiary/aromatic N) is 1. The van der Waals surface area contributed by atoms with E-state index >= 15 is 0 Å².